The maximum atomic E-state index is 4.12. The van der Waals surface area contributed by atoms with Crippen molar-refractivity contribution in [1.29, 1.82) is 0 Å². The first-order chi connectivity index (χ1) is 15.6. The molecule has 0 radical (unpaired) electrons. The zero-order valence-electron chi connectivity index (χ0n) is 20.9. The van der Waals surface area contributed by atoms with Gasteiger partial charge < -0.3 is 0 Å². The molecule has 0 nitrogen and oxygen atoms in total. The van der Waals surface area contributed by atoms with Gasteiger partial charge in [-0.15, -0.1) is 6.58 Å². The second kappa shape index (κ2) is 15.6. The molecule has 0 saturated carbocycles. The Bertz CT molecular complexity index is 924. The van der Waals surface area contributed by atoms with E-state index in [9.17, 15) is 0 Å². The van der Waals surface area contributed by atoms with Crippen molar-refractivity contribution in [2.24, 2.45) is 0 Å². The van der Waals surface area contributed by atoms with Gasteiger partial charge in [-0.1, -0.05) is 132 Å². The minimum Gasteiger partial charge on any atom is -0.103 e. The lowest BCUT2D eigenvalue weighted by Gasteiger charge is -2.35. The predicted molar refractivity (Wildman–Crippen MR) is 152 cm³/mol. The fourth-order valence-electron chi connectivity index (χ4n) is 4.25. The van der Waals surface area contributed by atoms with E-state index in [0.717, 1.165) is 6.42 Å². The maximum absolute atomic E-state index is 4.12. The average Bonchev–Trinajstić information content (AvgIpc) is 3.12. The molecular weight excluding hydrogens is 396 g/mol. The molecule has 0 atom stereocenters. The first kappa shape index (κ1) is 29.9. The molecule has 1 aliphatic carbocycles. The second-order valence-electron chi connectivity index (χ2n) is 7.23. The van der Waals surface area contributed by atoms with Crippen molar-refractivity contribution in [3.05, 3.63) is 144 Å². The van der Waals surface area contributed by atoms with Gasteiger partial charge in [-0.25, -0.2) is 0 Å². The van der Waals surface area contributed by atoms with Crippen LogP contribution in [0.15, 0.2) is 133 Å². The van der Waals surface area contributed by atoms with Crippen molar-refractivity contribution < 1.29 is 0 Å². The summed E-state index contributed by atoms with van der Waals surface area (Å²) in [6.45, 7) is 20.1. The number of allylic oxidation sites excluding steroid dienone is 10. The molecule has 0 bridgehead atoms. The molecule has 0 heterocycles. The third-order valence-corrected chi connectivity index (χ3v) is 5.60. The van der Waals surface area contributed by atoms with Gasteiger partial charge in [-0.2, -0.15) is 0 Å². The van der Waals surface area contributed by atoms with Crippen molar-refractivity contribution in [2.75, 3.05) is 0 Å². The maximum Gasteiger partial charge on any atom is 0.0670 e. The normalized spacial score (nSPS) is 16.4. The predicted octanol–water partition coefficient (Wildman–Crippen LogP) is 10.2. The van der Waals surface area contributed by atoms with Gasteiger partial charge in [0, 0.05) is 0 Å². The van der Waals surface area contributed by atoms with Crippen LogP contribution in [0.2, 0.25) is 0 Å². The fraction of sp³-hybridized carbons (Fsp3) is 0.273. The van der Waals surface area contributed by atoms with Crippen LogP contribution in [0.1, 0.15) is 66.5 Å². The van der Waals surface area contributed by atoms with Crippen molar-refractivity contribution in [3.63, 3.8) is 0 Å². The zero-order valence-corrected chi connectivity index (χ0v) is 20.9. The van der Waals surface area contributed by atoms with Crippen LogP contribution in [0.3, 0.4) is 0 Å². The van der Waals surface area contributed by atoms with Gasteiger partial charge in [-0.05, 0) is 60.6 Å². The Morgan fingerprint density at radius 2 is 1.30 bits per heavy atom. The summed E-state index contributed by atoms with van der Waals surface area (Å²) in [5, 5.41) is 0. The Kier molecular flexibility index (Phi) is 14.2. The molecule has 0 unspecified atom stereocenters. The fourth-order valence-corrected chi connectivity index (χ4v) is 4.25. The summed E-state index contributed by atoms with van der Waals surface area (Å²) in [6.07, 6.45) is 13.6. The Labute approximate surface area is 204 Å². The molecule has 1 aliphatic rings. The third-order valence-electron chi connectivity index (χ3n) is 5.60. The summed E-state index contributed by atoms with van der Waals surface area (Å²) in [7, 11) is 0. The van der Waals surface area contributed by atoms with Crippen LogP contribution in [0.5, 0.6) is 0 Å². The van der Waals surface area contributed by atoms with Crippen LogP contribution < -0.4 is 0 Å². The smallest absolute Gasteiger partial charge is 0.0670 e. The highest BCUT2D eigenvalue weighted by Gasteiger charge is 2.46. The van der Waals surface area contributed by atoms with Crippen molar-refractivity contribution >= 4 is 0 Å². The molecule has 176 valence electrons. The van der Waals surface area contributed by atoms with Crippen LogP contribution in [0, 0.1) is 0 Å². The Morgan fingerprint density at radius 1 is 0.848 bits per heavy atom. The van der Waals surface area contributed by atoms with E-state index in [1.165, 1.54) is 33.4 Å². The summed E-state index contributed by atoms with van der Waals surface area (Å²) in [5.41, 5.74) is 7.43. The summed E-state index contributed by atoms with van der Waals surface area (Å²) in [5.74, 6) is 0. The van der Waals surface area contributed by atoms with Gasteiger partial charge in [0.1, 0.15) is 0 Å². The molecule has 0 aromatic heterocycles. The van der Waals surface area contributed by atoms with Gasteiger partial charge in [0.25, 0.3) is 0 Å². The van der Waals surface area contributed by atoms with E-state index in [1.54, 1.807) is 0 Å². The number of benzene rings is 2. The van der Waals surface area contributed by atoms with E-state index in [-0.39, 0.29) is 12.8 Å². The molecule has 2 aromatic rings. The van der Waals surface area contributed by atoms with Crippen molar-refractivity contribution in [1.82, 2.24) is 0 Å². The standard InChI is InChI=1S/C26H26.C4H8.C2H6.CH4/c1-5-8-19-24-23(6-2)20(4)26(25(24)7-3,21-15-11-9-12-16-21)22-17-13-10-14-18-22;1-3-4-2;1-2;/h5-19H,2H2,1,3-4H3;3H,1,4H2,2H3;1-2H3;1H4/b8-5-,24-19-,25-7+;;;. The van der Waals surface area contributed by atoms with Crippen LogP contribution in [-0.2, 0) is 5.41 Å². The van der Waals surface area contributed by atoms with E-state index in [0.29, 0.717) is 0 Å². The second-order valence-corrected chi connectivity index (χ2v) is 7.23. The molecule has 0 aliphatic heterocycles. The molecule has 0 fully saturated rings. The highest BCUT2D eigenvalue weighted by molar-refractivity contribution is 5.75. The first-order valence-corrected chi connectivity index (χ1v) is 11.7. The van der Waals surface area contributed by atoms with Gasteiger partial charge >= 0.3 is 0 Å². The minimum absolute atomic E-state index is 0. The van der Waals surface area contributed by atoms with Crippen LogP contribution >= 0.6 is 0 Å². The SMILES string of the molecule is C.C=CC1=C(C)C(c2ccccc2)(c2ccccc2)C(=C/C)/C1=C\C=C/C.C=CCC.CC. The molecule has 0 saturated heterocycles. The van der Waals surface area contributed by atoms with Crippen molar-refractivity contribution in [3.8, 4) is 0 Å². The Hall–Kier alpha value is -3.12. The topological polar surface area (TPSA) is 0 Å². The minimum atomic E-state index is -0.284. The molecule has 3 rings (SSSR count). The molecule has 0 heteroatoms. The Morgan fingerprint density at radius 3 is 1.64 bits per heavy atom. The molecular formula is C33H44. The lowest BCUT2D eigenvalue weighted by molar-refractivity contribution is 0.738. The van der Waals surface area contributed by atoms with E-state index in [2.05, 4.69) is 119 Å². The third kappa shape index (κ3) is 6.23. The van der Waals surface area contributed by atoms with E-state index in [1.807, 2.05) is 32.9 Å². The number of hydrogen-bond donors (Lipinski definition) is 0. The molecule has 0 spiro atoms. The highest BCUT2D eigenvalue weighted by Crippen LogP contribution is 2.55. The molecule has 2 aromatic carbocycles. The lowest BCUT2D eigenvalue weighted by atomic mass is 9.67. The van der Waals surface area contributed by atoms with Gasteiger partial charge in [0.15, 0.2) is 0 Å². The first-order valence-electron chi connectivity index (χ1n) is 11.7. The largest absolute Gasteiger partial charge is 0.103 e. The quantitative estimate of drug-likeness (QED) is 0.406. The monoisotopic (exact) mass is 440 g/mol. The average molecular weight is 441 g/mol. The highest BCUT2D eigenvalue weighted by atomic mass is 14.5. The van der Waals surface area contributed by atoms with Crippen LogP contribution in [0.4, 0.5) is 0 Å². The molecule has 0 N–H and O–H groups in total. The van der Waals surface area contributed by atoms with E-state index in [4.69, 9.17) is 0 Å². The van der Waals surface area contributed by atoms with Crippen molar-refractivity contribution in [2.45, 2.75) is 60.8 Å². The summed E-state index contributed by atoms with van der Waals surface area (Å²) in [4.78, 5) is 0. The number of hydrogen-bond acceptors (Lipinski definition) is 0. The summed E-state index contributed by atoms with van der Waals surface area (Å²) >= 11 is 0. The van der Waals surface area contributed by atoms with Gasteiger partial charge in [-0.3, -0.25) is 0 Å². The molecule has 33 heavy (non-hydrogen) atoms. The summed E-state index contributed by atoms with van der Waals surface area (Å²) < 4.78 is 0. The summed E-state index contributed by atoms with van der Waals surface area (Å²) in [6, 6.07) is 21.6. The zero-order chi connectivity index (χ0) is 24.0. The lowest BCUT2D eigenvalue weighted by Crippen LogP contribution is -2.29. The van der Waals surface area contributed by atoms with Crippen LogP contribution in [-0.4, -0.2) is 0 Å². The van der Waals surface area contributed by atoms with E-state index < -0.39 is 0 Å². The van der Waals surface area contributed by atoms with Gasteiger partial charge in [0.05, 0.1) is 5.41 Å². The molecule has 0 amide bonds. The van der Waals surface area contributed by atoms with E-state index >= 15 is 0 Å². The number of rotatable bonds is 5. The van der Waals surface area contributed by atoms with Gasteiger partial charge in [0.2, 0.25) is 0 Å². The Balaban J connectivity index is 0.00000132. The van der Waals surface area contributed by atoms with Crippen LogP contribution in [0.25, 0.3) is 0 Å².